The molecule has 0 saturated carbocycles. The Hall–Kier alpha value is -1.09. The van der Waals surface area contributed by atoms with E-state index < -0.39 is 0 Å². The predicted octanol–water partition coefficient (Wildman–Crippen LogP) is 3.97. The Morgan fingerprint density at radius 2 is 2.19 bits per heavy atom. The molecular weight excluding hydrogens is 266 g/mol. The number of aromatic nitrogens is 1. The summed E-state index contributed by atoms with van der Waals surface area (Å²) in [7, 11) is 0. The maximum Gasteiger partial charge on any atom is 0.105 e. The van der Waals surface area contributed by atoms with Gasteiger partial charge in [-0.15, -0.1) is 0 Å². The number of pyridine rings is 1. The highest BCUT2D eigenvalue weighted by molar-refractivity contribution is 9.09. The average molecular weight is 280 g/mol. The van der Waals surface area contributed by atoms with Crippen LogP contribution in [-0.4, -0.2) is 4.98 Å². The topological polar surface area (TPSA) is 26.0 Å². The number of aryl methyl sites for hydroxylation is 2. The van der Waals surface area contributed by atoms with Gasteiger partial charge in [-0.1, -0.05) is 22.0 Å². The molecule has 0 aromatic carbocycles. The van der Waals surface area contributed by atoms with Crippen molar-refractivity contribution in [3.05, 3.63) is 53.2 Å². The number of furan rings is 1. The van der Waals surface area contributed by atoms with Crippen LogP contribution in [0.3, 0.4) is 0 Å². The van der Waals surface area contributed by atoms with Crippen molar-refractivity contribution in [3.63, 3.8) is 0 Å². The summed E-state index contributed by atoms with van der Waals surface area (Å²) in [5.41, 5.74) is 3.56. The number of alkyl halides is 1. The van der Waals surface area contributed by atoms with Crippen LogP contribution >= 0.6 is 15.9 Å². The van der Waals surface area contributed by atoms with Gasteiger partial charge < -0.3 is 4.42 Å². The molecule has 2 aromatic rings. The molecule has 16 heavy (non-hydrogen) atoms. The van der Waals surface area contributed by atoms with E-state index in [0.29, 0.717) is 0 Å². The van der Waals surface area contributed by atoms with Crippen molar-refractivity contribution in [2.45, 2.75) is 25.1 Å². The van der Waals surface area contributed by atoms with Gasteiger partial charge in [0.1, 0.15) is 5.76 Å². The summed E-state index contributed by atoms with van der Waals surface area (Å²) in [5.74, 6) is 0.968. The summed E-state index contributed by atoms with van der Waals surface area (Å²) in [5, 5.41) is 0. The fraction of sp³-hybridized carbons (Fsp3) is 0.308. The van der Waals surface area contributed by atoms with Crippen LogP contribution in [0.1, 0.15) is 27.4 Å². The Kier molecular flexibility index (Phi) is 3.44. The summed E-state index contributed by atoms with van der Waals surface area (Å²) in [4.78, 5) is 4.66. The molecule has 2 aromatic heterocycles. The van der Waals surface area contributed by atoms with Crippen LogP contribution in [0, 0.1) is 13.8 Å². The Morgan fingerprint density at radius 1 is 1.38 bits per heavy atom. The van der Waals surface area contributed by atoms with Crippen LogP contribution in [0.4, 0.5) is 0 Å². The third kappa shape index (κ3) is 2.35. The monoisotopic (exact) mass is 279 g/mol. The van der Waals surface area contributed by atoms with Crippen LogP contribution in [0.15, 0.2) is 35.1 Å². The zero-order valence-electron chi connectivity index (χ0n) is 9.40. The number of hydrogen-bond acceptors (Lipinski definition) is 2. The van der Waals surface area contributed by atoms with Gasteiger partial charge in [-0.3, -0.25) is 4.98 Å². The van der Waals surface area contributed by atoms with Gasteiger partial charge in [0.25, 0.3) is 0 Å². The lowest BCUT2D eigenvalue weighted by molar-refractivity contribution is 0.529. The van der Waals surface area contributed by atoms with Crippen molar-refractivity contribution in [1.29, 1.82) is 0 Å². The molecule has 0 aliphatic carbocycles. The molecule has 3 heteroatoms. The lowest BCUT2D eigenvalue weighted by Crippen LogP contribution is -2.00. The second kappa shape index (κ2) is 4.83. The molecule has 0 spiro atoms. The summed E-state index contributed by atoms with van der Waals surface area (Å²) < 4.78 is 5.30. The number of nitrogens with zero attached hydrogens (tertiary/aromatic N) is 1. The van der Waals surface area contributed by atoms with Crippen molar-refractivity contribution in [2.75, 3.05) is 0 Å². The molecule has 0 saturated heterocycles. The lowest BCUT2D eigenvalue weighted by atomic mass is 10.1. The molecule has 0 N–H and O–H groups in total. The number of halogens is 1. The second-order valence-corrected chi connectivity index (χ2v) is 4.98. The molecule has 0 aliphatic heterocycles. The summed E-state index contributed by atoms with van der Waals surface area (Å²) in [6.45, 7) is 4.07. The summed E-state index contributed by atoms with van der Waals surface area (Å²) in [6.07, 6.45) is 4.45. The highest BCUT2D eigenvalue weighted by Crippen LogP contribution is 2.30. The molecule has 1 unspecified atom stereocenters. The molecule has 84 valence electrons. The van der Waals surface area contributed by atoms with Gasteiger partial charge in [-0.2, -0.15) is 0 Å². The van der Waals surface area contributed by atoms with E-state index in [4.69, 9.17) is 4.42 Å². The van der Waals surface area contributed by atoms with Gasteiger partial charge in [0.2, 0.25) is 0 Å². The van der Waals surface area contributed by atoms with E-state index in [1.54, 1.807) is 6.26 Å². The van der Waals surface area contributed by atoms with Crippen LogP contribution in [0.5, 0.6) is 0 Å². The van der Waals surface area contributed by atoms with Crippen LogP contribution < -0.4 is 0 Å². The van der Waals surface area contributed by atoms with Crippen molar-refractivity contribution in [2.24, 2.45) is 0 Å². The quantitative estimate of drug-likeness (QED) is 0.795. The first-order chi connectivity index (χ1) is 7.68. The lowest BCUT2D eigenvalue weighted by Gasteiger charge is -2.10. The van der Waals surface area contributed by atoms with E-state index in [2.05, 4.69) is 33.9 Å². The zero-order valence-corrected chi connectivity index (χ0v) is 11.0. The van der Waals surface area contributed by atoms with E-state index in [9.17, 15) is 0 Å². The van der Waals surface area contributed by atoms with Crippen LogP contribution in [-0.2, 0) is 6.42 Å². The fourth-order valence-electron chi connectivity index (χ4n) is 1.73. The van der Waals surface area contributed by atoms with Crippen molar-refractivity contribution in [1.82, 2.24) is 4.98 Å². The minimum absolute atomic E-state index is 0.264. The normalized spacial score (nSPS) is 12.7. The van der Waals surface area contributed by atoms with Crippen LogP contribution in [0.2, 0.25) is 0 Å². The Bertz CT molecular complexity index is 478. The van der Waals surface area contributed by atoms with E-state index in [1.807, 2.05) is 25.3 Å². The minimum atomic E-state index is 0.264. The molecule has 2 nitrogen and oxygen atoms in total. The van der Waals surface area contributed by atoms with Crippen molar-refractivity contribution < 1.29 is 4.42 Å². The maximum absolute atomic E-state index is 5.30. The SMILES string of the molecule is Cc1cccnc1CC(Br)c1ccoc1C. The molecule has 2 heterocycles. The Labute approximate surface area is 104 Å². The van der Waals surface area contributed by atoms with Gasteiger partial charge in [0, 0.05) is 28.7 Å². The highest BCUT2D eigenvalue weighted by Gasteiger charge is 2.14. The molecule has 0 bridgehead atoms. The van der Waals surface area contributed by atoms with E-state index in [-0.39, 0.29) is 4.83 Å². The van der Waals surface area contributed by atoms with E-state index in [1.165, 1.54) is 11.1 Å². The van der Waals surface area contributed by atoms with Gasteiger partial charge in [-0.25, -0.2) is 0 Å². The summed E-state index contributed by atoms with van der Waals surface area (Å²) in [6, 6.07) is 6.06. The Morgan fingerprint density at radius 3 is 2.81 bits per heavy atom. The zero-order chi connectivity index (χ0) is 11.5. The van der Waals surface area contributed by atoms with E-state index >= 15 is 0 Å². The summed E-state index contributed by atoms with van der Waals surface area (Å²) >= 11 is 3.69. The number of hydrogen-bond donors (Lipinski definition) is 0. The minimum Gasteiger partial charge on any atom is -0.469 e. The van der Waals surface area contributed by atoms with Crippen molar-refractivity contribution in [3.8, 4) is 0 Å². The van der Waals surface area contributed by atoms with Crippen LogP contribution in [0.25, 0.3) is 0 Å². The van der Waals surface area contributed by atoms with Gasteiger partial charge in [-0.05, 0) is 31.5 Å². The first-order valence-corrected chi connectivity index (χ1v) is 6.18. The highest BCUT2D eigenvalue weighted by atomic mass is 79.9. The molecule has 0 radical (unpaired) electrons. The molecule has 0 amide bonds. The maximum atomic E-state index is 5.30. The number of rotatable bonds is 3. The average Bonchev–Trinajstić information content (AvgIpc) is 2.68. The smallest absolute Gasteiger partial charge is 0.105 e. The molecule has 0 fully saturated rings. The standard InChI is InChI=1S/C13H14BrNO/c1-9-4-3-6-15-13(9)8-12(14)11-5-7-16-10(11)2/h3-7,12H,8H2,1-2H3. The first kappa shape index (κ1) is 11.4. The predicted molar refractivity (Wildman–Crippen MR) is 67.8 cm³/mol. The third-order valence-corrected chi connectivity index (χ3v) is 3.54. The molecule has 1 atom stereocenters. The van der Waals surface area contributed by atoms with Gasteiger partial charge >= 0.3 is 0 Å². The molecule has 0 aliphatic rings. The van der Waals surface area contributed by atoms with E-state index in [0.717, 1.165) is 17.9 Å². The molecule has 2 rings (SSSR count). The van der Waals surface area contributed by atoms with Gasteiger partial charge in [0.15, 0.2) is 0 Å². The van der Waals surface area contributed by atoms with Gasteiger partial charge in [0.05, 0.1) is 6.26 Å². The largest absolute Gasteiger partial charge is 0.469 e. The second-order valence-electron chi connectivity index (χ2n) is 3.87. The third-order valence-electron chi connectivity index (χ3n) is 2.73. The Balaban J connectivity index is 2.17. The first-order valence-electron chi connectivity index (χ1n) is 5.27. The fourth-order valence-corrected chi connectivity index (χ4v) is 2.51. The van der Waals surface area contributed by atoms with Crippen molar-refractivity contribution >= 4 is 15.9 Å². The molecular formula is C13H14BrNO.